The maximum absolute atomic E-state index is 10.6. The molecule has 3 unspecified atom stereocenters. The van der Waals surface area contributed by atoms with Crippen LogP contribution in [0.15, 0.2) is 28.7 Å². The highest BCUT2D eigenvalue weighted by Gasteiger charge is 2.27. The Labute approximate surface area is 109 Å². The fourth-order valence-corrected chi connectivity index (χ4v) is 2.64. The zero-order valence-corrected chi connectivity index (χ0v) is 11.2. The molecule has 0 N–H and O–H groups in total. The normalized spacial score (nSPS) is 25.8. The molecule has 1 aromatic carbocycles. The number of halogens is 1. The van der Waals surface area contributed by atoms with Gasteiger partial charge in [0, 0.05) is 10.9 Å². The molecule has 0 spiro atoms. The first kappa shape index (κ1) is 12.7. The second-order valence-electron chi connectivity index (χ2n) is 4.23. The quantitative estimate of drug-likeness (QED) is 0.802. The lowest BCUT2D eigenvalue weighted by atomic mass is 9.98. The monoisotopic (exact) mass is 298 g/mol. The van der Waals surface area contributed by atoms with Crippen molar-refractivity contribution in [2.45, 2.75) is 31.7 Å². The highest BCUT2D eigenvalue weighted by Crippen LogP contribution is 2.30. The summed E-state index contributed by atoms with van der Waals surface area (Å²) in [6.07, 6.45) is 0.884. The average Bonchev–Trinajstić information content (AvgIpc) is 2.77. The van der Waals surface area contributed by atoms with Crippen LogP contribution in [0.25, 0.3) is 0 Å². The van der Waals surface area contributed by atoms with Gasteiger partial charge in [-0.15, -0.1) is 0 Å². The first-order valence-corrected chi connectivity index (χ1v) is 6.46. The Balaban J connectivity index is 1.96. The summed E-state index contributed by atoms with van der Waals surface area (Å²) in [6, 6.07) is 8.11. The molecule has 1 aromatic rings. The molecule has 3 atom stereocenters. The Hall–Kier alpha value is -0.710. The summed E-state index contributed by atoms with van der Waals surface area (Å²) in [5, 5.41) is 0. The summed E-state index contributed by atoms with van der Waals surface area (Å²) < 4.78 is 12.0. The van der Waals surface area contributed by atoms with Crippen molar-refractivity contribution in [2.24, 2.45) is 0 Å². The molecule has 17 heavy (non-hydrogen) atoms. The molecule has 0 radical (unpaired) electrons. The van der Waals surface area contributed by atoms with Crippen LogP contribution in [0, 0.1) is 0 Å². The Morgan fingerprint density at radius 3 is 2.94 bits per heavy atom. The topological polar surface area (TPSA) is 35.5 Å². The Kier molecular flexibility index (Phi) is 4.31. The minimum absolute atomic E-state index is 0.271. The van der Waals surface area contributed by atoms with Gasteiger partial charge in [-0.2, -0.15) is 0 Å². The molecule has 2 rings (SSSR count). The number of aldehydes is 1. The standard InChI is InChI=1S/C13H15BrO3/c1-9(11-4-2-3-5-12(11)14)6-13-16-8-10(7-15)17-13/h2-5,7,9-10,13H,6,8H2,1H3. The van der Waals surface area contributed by atoms with Gasteiger partial charge in [-0.05, 0) is 17.5 Å². The van der Waals surface area contributed by atoms with Crippen molar-refractivity contribution in [2.75, 3.05) is 6.61 Å². The van der Waals surface area contributed by atoms with Crippen molar-refractivity contribution in [1.29, 1.82) is 0 Å². The van der Waals surface area contributed by atoms with Crippen molar-refractivity contribution in [3.05, 3.63) is 34.3 Å². The van der Waals surface area contributed by atoms with Gasteiger partial charge < -0.3 is 14.3 Å². The van der Waals surface area contributed by atoms with Crippen LogP contribution in [-0.2, 0) is 14.3 Å². The van der Waals surface area contributed by atoms with Gasteiger partial charge in [0.1, 0.15) is 6.10 Å². The van der Waals surface area contributed by atoms with E-state index >= 15 is 0 Å². The van der Waals surface area contributed by atoms with Crippen LogP contribution in [0.1, 0.15) is 24.8 Å². The lowest BCUT2D eigenvalue weighted by molar-refractivity contribution is -0.120. The van der Waals surface area contributed by atoms with Crippen LogP contribution in [0.4, 0.5) is 0 Å². The molecule has 0 saturated carbocycles. The number of hydrogen-bond donors (Lipinski definition) is 0. The highest BCUT2D eigenvalue weighted by atomic mass is 79.9. The van der Waals surface area contributed by atoms with Crippen molar-refractivity contribution in [3.63, 3.8) is 0 Å². The van der Waals surface area contributed by atoms with Crippen LogP contribution in [0.3, 0.4) is 0 Å². The molecular formula is C13H15BrO3. The van der Waals surface area contributed by atoms with Crippen molar-refractivity contribution in [3.8, 4) is 0 Å². The molecule has 1 aliphatic heterocycles. The van der Waals surface area contributed by atoms with Crippen molar-refractivity contribution >= 4 is 22.2 Å². The third kappa shape index (κ3) is 3.15. The van der Waals surface area contributed by atoms with Crippen LogP contribution in [0.2, 0.25) is 0 Å². The first-order valence-electron chi connectivity index (χ1n) is 5.67. The second kappa shape index (κ2) is 5.76. The summed E-state index contributed by atoms with van der Waals surface area (Å²) in [5.74, 6) is 0.320. The molecule has 1 aliphatic rings. The number of carbonyl (C=O) groups excluding carboxylic acids is 1. The Bertz CT molecular complexity index is 394. The van der Waals surface area contributed by atoms with Gasteiger partial charge >= 0.3 is 0 Å². The van der Waals surface area contributed by atoms with E-state index in [-0.39, 0.29) is 6.29 Å². The van der Waals surface area contributed by atoms with Crippen LogP contribution in [-0.4, -0.2) is 25.3 Å². The second-order valence-corrected chi connectivity index (χ2v) is 5.09. The lowest BCUT2D eigenvalue weighted by Gasteiger charge is -2.17. The van der Waals surface area contributed by atoms with Gasteiger partial charge in [-0.25, -0.2) is 0 Å². The van der Waals surface area contributed by atoms with E-state index in [0.29, 0.717) is 12.5 Å². The summed E-state index contributed by atoms with van der Waals surface area (Å²) in [7, 11) is 0. The molecule has 0 bridgehead atoms. The minimum Gasteiger partial charge on any atom is -0.349 e. The van der Waals surface area contributed by atoms with E-state index in [0.717, 1.165) is 17.2 Å². The fourth-order valence-electron chi connectivity index (χ4n) is 1.96. The van der Waals surface area contributed by atoms with Gasteiger partial charge in [0.25, 0.3) is 0 Å². The van der Waals surface area contributed by atoms with E-state index < -0.39 is 6.10 Å². The van der Waals surface area contributed by atoms with Gasteiger partial charge in [0.05, 0.1) is 6.61 Å². The van der Waals surface area contributed by atoms with Crippen molar-refractivity contribution in [1.82, 2.24) is 0 Å². The maximum Gasteiger partial charge on any atom is 0.159 e. The molecule has 0 aliphatic carbocycles. The third-order valence-electron chi connectivity index (χ3n) is 2.91. The molecule has 1 saturated heterocycles. The number of rotatable bonds is 4. The smallest absolute Gasteiger partial charge is 0.159 e. The van der Waals surface area contributed by atoms with Crippen LogP contribution >= 0.6 is 15.9 Å². The summed E-state index contributed by atoms with van der Waals surface area (Å²) in [5.41, 5.74) is 1.23. The molecule has 1 heterocycles. The van der Waals surface area contributed by atoms with Crippen molar-refractivity contribution < 1.29 is 14.3 Å². The number of ether oxygens (including phenoxy) is 2. The predicted molar refractivity (Wildman–Crippen MR) is 67.9 cm³/mol. The van der Waals surface area contributed by atoms with Gasteiger partial charge in [0.15, 0.2) is 12.6 Å². The Morgan fingerprint density at radius 2 is 2.29 bits per heavy atom. The number of hydrogen-bond acceptors (Lipinski definition) is 3. The van der Waals surface area contributed by atoms with E-state index in [1.807, 2.05) is 18.2 Å². The van der Waals surface area contributed by atoms with E-state index in [4.69, 9.17) is 9.47 Å². The molecule has 3 nitrogen and oxygen atoms in total. The van der Waals surface area contributed by atoms with Gasteiger partial charge in [-0.1, -0.05) is 41.1 Å². The molecule has 0 amide bonds. The first-order chi connectivity index (χ1) is 8.20. The number of carbonyl (C=O) groups is 1. The van der Waals surface area contributed by atoms with Gasteiger partial charge in [0.2, 0.25) is 0 Å². The van der Waals surface area contributed by atoms with Crippen LogP contribution < -0.4 is 0 Å². The molecule has 0 aromatic heterocycles. The molecule has 1 fully saturated rings. The number of benzene rings is 1. The van der Waals surface area contributed by atoms with E-state index in [2.05, 4.69) is 28.9 Å². The molecule has 92 valence electrons. The lowest BCUT2D eigenvalue weighted by Crippen LogP contribution is -2.15. The predicted octanol–water partition coefficient (Wildman–Crippen LogP) is 2.88. The highest BCUT2D eigenvalue weighted by molar-refractivity contribution is 9.10. The zero-order chi connectivity index (χ0) is 12.3. The molecule has 4 heteroatoms. The summed E-state index contributed by atoms with van der Waals surface area (Å²) in [4.78, 5) is 10.6. The minimum atomic E-state index is -0.397. The fraction of sp³-hybridized carbons (Fsp3) is 0.462. The van der Waals surface area contributed by atoms with E-state index in [9.17, 15) is 4.79 Å². The zero-order valence-electron chi connectivity index (χ0n) is 9.64. The largest absolute Gasteiger partial charge is 0.349 e. The third-order valence-corrected chi connectivity index (χ3v) is 3.63. The Morgan fingerprint density at radius 1 is 1.53 bits per heavy atom. The van der Waals surface area contributed by atoms with E-state index in [1.165, 1.54) is 5.56 Å². The van der Waals surface area contributed by atoms with Gasteiger partial charge in [-0.3, -0.25) is 0 Å². The SMILES string of the molecule is CC(CC1OCC(C=O)O1)c1ccccc1Br. The van der Waals surface area contributed by atoms with E-state index in [1.54, 1.807) is 0 Å². The average molecular weight is 299 g/mol. The maximum atomic E-state index is 10.6. The summed E-state index contributed by atoms with van der Waals surface area (Å²) in [6.45, 7) is 2.50. The molecular weight excluding hydrogens is 284 g/mol. The summed E-state index contributed by atoms with van der Waals surface area (Å²) >= 11 is 3.53. The van der Waals surface area contributed by atoms with Crippen LogP contribution in [0.5, 0.6) is 0 Å².